The Kier molecular flexibility index (Phi) is 4.68. The molecule has 0 amide bonds. The SMILES string of the molecule is Cc1cc(Br)ccc1N1CCC(NC(C)C)CC1. The van der Waals surface area contributed by atoms with Gasteiger partial charge in [-0.25, -0.2) is 0 Å². The van der Waals surface area contributed by atoms with Crippen molar-refractivity contribution in [2.24, 2.45) is 0 Å². The third-order valence-corrected chi connectivity index (χ3v) is 4.06. The first kappa shape index (κ1) is 13.9. The normalized spacial score (nSPS) is 17.5. The zero-order chi connectivity index (χ0) is 13.1. The highest BCUT2D eigenvalue weighted by atomic mass is 79.9. The standard InChI is InChI=1S/C15H23BrN2/c1-11(2)17-14-6-8-18(9-7-14)15-5-4-13(16)10-12(15)3/h4-5,10-11,14,17H,6-9H2,1-3H3. The number of rotatable bonds is 3. The molecule has 0 atom stereocenters. The van der Waals surface area contributed by atoms with Crippen LogP contribution in [0.5, 0.6) is 0 Å². The van der Waals surface area contributed by atoms with Gasteiger partial charge in [0.05, 0.1) is 0 Å². The molecule has 0 aliphatic carbocycles. The molecule has 100 valence electrons. The number of hydrogen-bond donors (Lipinski definition) is 1. The smallest absolute Gasteiger partial charge is 0.0396 e. The van der Waals surface area contributed by atoms with Crippen molar-refractivity contribution in [1.82, 2.24) is 5.32 Å². The third kappa shape index (κ3) is 3.48. The fourth-order valence-electron chi connectivity index (χ4n) is 2.73. The lowest BCUT2D eigenvalue weighted by atomic mass is 10.0. The summed E-state index contributed by atoms with van der Waals surface area (Å²) < 4.78 is 1.17. The molecular formula is C15H23BrN2. The number of nitrogens with one attached hydrogen (secondary N) is 1. The monoisotopic (exact) mass is 310 g/mol. The van der Waals surface area contributed by atoms with Gasteiger partial charge in [-0.2, -0.15) is 0 Å². The van der Waals surface area contributed by atoms with Crippen molar-refractivity contribution in [2.75, 3.05) is 18.0 Å². The number of piperidine rings is 1. The predicted molar refractivity (Wildman–Crippen MR) is 82.4 cm³/mol. The van der Waals surface area contributed by atoms with E-state index in [9.17, 15) is 0 Å². The minimum atomic E-state index is 0.593. The van der Waals surface area contributed by atoms with Gasteiger partial charge in [-0.1, -0.05) is 29.8 Å². The van der Waals surface area contributed by atoms with E-state index in [2.05, 4.69) is 65.1 Å². The van der Waals surface area contributed by atoms with E-state index in [1.807, 2.05) is 0 Å². The first-order valence-corrected chi connectivity index (χ1v) is 7.62. The fourth-order valence-corrected chi connectivity index (χ4v) is 3.21. The summed E-state index contributed by atoms with van der Waals surface area (Å²) in [5.74, 6) is 0. The molecule has 0 saturated carbocycles. The number of nitrogens with zero attached hydrogens (tertiary/aromatic N) is 1. The van der Waals surface area contributed by atoms with Crippen LogP contribution in [-0.2, 0) is 0 Å². The minimum Gasteiger partial charge on any atom is -0.371 e. The summed E-state index contributed by atoms with van der Waals surface area (Å²) >= 11 is 3.53. The van der Waals surface area contributed by atoms with Crippen LogP contribution in [0.3, 0.4) is 0 Å². The Hall–Kier alpha value is -0.540. The van der Waals surface area contributed by atoms with Gasteiger partial charge in [0.1, 0.15) is 0 Å². The fraction of sp³-hybridized carbons (Fsp3) is 0.600. The zero-order valence-electron chi connectivity index (χ0n) is 11.5. The second-order valence-corrected chi connectivity index (χ2v) is 6.43. The number of halogens is 1. The van der Waals surface area contributed by atoms with E-state index in [1.54, 1.807) is 0 Å². The number of aryl methyl sites for hydroxylation is 1. The van der Waals surface area contributed by atoms with E-state index in [0.717, 1.165) is 13.1 Å². The van der Waals surface area contributed by atoms with Gasteiger partial charge in [0, 0.05) is 35.3 Å². The molecule has 1 N–H and O–H groups in total. The summed E-state index contributed by atoms with van der Waals surface area (Å²) in [6.07, 6.45) is 2.49. The van der Waals surface area contributed by atoms with Crippen LogP contribution in [0.2, 0.25) is 0 Å². The third-order valence-electron chi connectivity index (χ3n) is 3.56. The lowest BCUT2D eigenvalue weighted by Crippen LogP contribution is -2.44. The van der Waals surface area contributed by atoms with E-state index in [1.165, 1.54) is 28.6 Å². The highest BCUT2D eigenvalue weighted by molar-refractivity contribution is 9.10. The molecule has 0 spiro atoms. The Morgan fingerprint density at radius 1 is 1.28 bits per heavy atom. The molecule has 2 rings (SSSR count). The van der Waals surface area contributed by atoms with Gasteiger partial charge in [-0.3, -0.25) is 0 Å². The highest BCUT2D eigenvalue weighted by Crippen LogP contribution is 2.26. The maximum atomic E-state index is 3.64. The number of anilines is 1. The Bertz CT molecular complexity index is 395. The molecule has 3 heteroatoms. The summed E-state index contributed by atoms with van der Waals surface area (Å²) in [6, 6.07) is 7.86. The van der Waals surface area contributed by atoms with Gasteiger partial charge in [0.2, 0.25) is 0 Å². The Morgan fingerprint density at radius 3 is 2.50 bits per heavy atom. The van der Waals surface area contributed by atoms with E-state index in [0.29, 0.717) is 12.1 Å². The quantitative estimate of drug-likeness (QED) is 0.915. The van der Waals surface area contributed by atoms with E-state index in [-0.39, 0.29) is 0 Å². The van der Waals surface area contributed by atoms with Crippen LogP contribution < -0.4 is 10.2 Å². The molecule has 1 heterocycles. The molecule has 0 bridgehead atoms. The summed E-state index contributed by atoms with van der Waals surface area (Å²) in [5, 5.41) is 3.64. The summed E-state index contributed by atoms with van der Waals surface area (Å²) in [5.41, 5.74) is 2.75. The molecule has 1 aromatic carbocycles. The molecule has 1 aromatic rings. The first-order valence-electron chi connectivity index (χ1n) is 6.83. The molecule has 0 unspecified atom stereocenters. The number of benzene rings is 1. The van der Waals surface area contributed by atoms with Crippen molar-refractivity contribution in [1.29, 1.82) is 0 Å². The molecule has 1 fully saturated rings. The largest absolute Gasteiger partial charge is 0.371 e. The van der Waals surface area contributed by atoms with Crippen molar-refractivity contribution in [3.63, 3.8) is 0 Å². The lowest BCUT2D eigenvalue weighted by molar-refractivity contribution is 0.387. The van der Waals surface area contributed by atoms with Gasteiger partial charge in [-0.15, -0.1) is 0 Å². The van der Waals surface area contributed by atoms with E-state index < -0.39 is 0 Å². The van der Waals surface area contributed by atoms with Crippen LogP contribution in [0.4, 0.5) is 5.69 Å². The highest BCUT2D eigenvalue weighted by Gasteiger charge is 2.20. The predicted octanol–water partition coefficient (Wildman–Crippen LogP) is 3.72. The second-order valence-electron chi connectivity index (χ2n) is 5.51. The molecule has 0 radical (unpaired) electrons. The van der Waals surface area contributed by atoms with Crippen LogP contribution in [0.15, 0.2) is 22.7 Å². The van der Waals surface area contributed by atoms with Crippen molar-refractivity contribution < 1.29 is 0 Å². The van der Waals surface area contributed by atoms with Crippen LogP contribution in [0.1, 0.15) is 32.3 Å². The summed E-state index contributed by atoms with van der Waals surface area (Å²) in [7, 11) is 0. The molecule has 0 aromatic heterocycles. The van der Waals surface area contributed by atoms with Crippen molar-refractivity contribution in [2.45, 2.75) is 45.7 Å². The van der Waals surface area contributed by atoms with Gasteiger partial charge in [0.15, 0.2) is 0 Å². The number of hydrogen-bond acceptors (Lipinski definition) is 2. The van der Waals surface area contributed by atoms with Gasteiger partial charge in [-0.05, 0) is 43.5 Å². The second kappa shape index (κ2) is 6.07. The Labute approximate surface area is 119 Å². The average molecular weight is 311 g/mol. The minimum absolute atomic E-state index is 0.593. The van der Waals surface area contributed by atoms with Crippen molar-refractivity contribution in [3.05, 3.63) is 28.2 Å². The van der Waals surface area contributed by atoms with Crippen molar-refractivity contribution >= 4 is 21.6 Å². The first-order chi connectivity index (χ1) is 8.56. The maximum absolute atomic E-state index is 3.64. The average Bonchev–Trinajstić information content (AvgIpc) is 2.30. The van der Waals surface area contributed by atoms with Crippen LogP contribution in [-0.4, -0.2) is 25.2 Å². The van der Waals surface area contributed by atoms with Crippen LogP contribution >= 0.6 is 15.9 Å². The molecule has 1 aliphatic rings. The molecule has 2 nitrogen and oxygen atoms in total. The zero-order valence-corrected chi connectivity index (χ0v) is 13.1. The topological polar surface area (TPSA) is 15.3 Å². The van der Waals surface area contributed by atoms with Gasteiger partial charge in [0.25, 0.3) is 0 Å². The van der Waals surface area contributed by atoms with Crippen molar-refractivity contribution in [3.8, 4) is 0 Å². The Morgan fingerprint density at radius 2 is 1.94 bits per heavy atom. The summed E-state index contributed by atoms with van der Waals surface area (Å²) in [4.78, 5) is 2.51. The Balaban J connectivity index is 1.97. The molecule has 1 aliphatic heterocycles. The van der Waals surface area contributed by atoms with Crippen LogP contribution in [0.25, 0.3) is 0 Å². The van der Waals surface area contributed by atoms with E-state index >= 15 is 0 Å². The van der Waals surface area contributed by atoms with Crippen LogP contribution in [0, 0.1) is 6.92 Å². The molecule has 1 saturated heterocycles. The van der Waals surface area contributed by atoms with Gasteiger partial charge >= 0.3 is 0 Å². The van der Waals surface area contributed by atoms with Gasteiger partial charge < -0.3 is 10.2 Å². The maximum Gasteiger partial charge on any atom is 0.0396 e. The summed E-state index contributed by atoms with van der Waals surface area (Å²) in [6.45, 7) is 8.97. The molecule has 18 heavy (non-hydrogen) atoms. The lowest BCUT2D eigenvalue weighted by Gasteiger charge is -2.35. The van der Waals surface area contributed by atoms with E-state index in [4.69, 9.17) is 0 Å². The molecular weight excluding hydrogens is 288 g/mol.